The average molecular weight is 392 g/mol. The van der Waals surface area contributed by atoms with E-state index in [0.717, 1.165) is 12.1 Å². The van der Waals surface area contributed by atoms with E-state index in [2.05, 4.69) is 0 Å². The van der Waals surface area contributed by atoms with Crippen molar-refractivity contribution in [1.82, 2.24) is 4.90 Å². The zero-order chi connectivity index (χ0) is 20.3. The molecule has 2 aromatic rings. The van der Waals surface area contributed by atoms with E-state index in [0.29, 0.717) is 17.0 Å². The smallest absolute Gasteiger partial charge is 0.416 e. The van der Waals surface area contributed by atoms with Gasteiger partial charge in [0.25, 0.3) is 0 Å². The van der Waals surface area contributed by atoms with Gasteiger partial charge in [-0.25, -0.2) is 0 Å². The minimum atomic E-state index is -4.40. The lowest BCUT2D eigenvalue weighted by molar-refractivity contribution is -0.137. The number of anilines is 1. The zero-order valence-electron chi connectivity index (χ0n) is 15.2. The van der Waals surface area contributed by atoms with Crippen LogP contribution in [0.1, 0.15) is 17.5 Å². The van der Waals surface area contributed by atoms with Gasteiger partial charge in [0, 0.05) is 13.6 Å². The van der Waals surface area contributed by atoms with E-state index in [1.54, 1.807) is 31.3 Å². The summed E-state index contributed by atoms with van der Waals surface area (Å²) < 4.78 is 43.5. The third-order valence-electron chi connectivity index (χ3n) is 4.45. The maximum absolute atomic E-state index is 12.6. The molecule has 1 heterocycles. The van der Waals surface area contributed by atoms with Crippen molar-refractivity contribution in [2.45, 2.75) is 19.1 Å². The topological polar surface area (TPSA) is 49.9 Å². The maximum Gasteiger partial charge on any atom is 0.416 e. The highest BCUT2D eigenvalue weighted by Gasteiger charge is 2.30. The first-order chi connectivity index (χ1) is 13.3. The number of ether oxygens (including phenoxy) is 1. The number of amides is 2. The number of halogens is 3. The normalized spacial score (nSPS) is 14.1. The Hall–Kier alpha value is -3.03. The Balaban J connectivity index is 1.69. The minimum Gasteiger partial charge on any atom is -0.491 e. The minimum absolute atomic E-state index is 0.136. The summed E-state index contributed by atoms with van der Waals surface area (Å²) >= 11 is 0. The van der Waals surface area contributed by atoms with Crippen molar-refractivity contribution in [3.8, 4) is 5.75 Å². The Labute approximate surface area is 160 Å². The van der Waals surface area contributed by atoms with Gasteiger partial charge in [-0.1, -0.05) is 24.3 Å². The highest BCUT2D eigenvalue weighted by Crippen LogP contribution is 2.31. The third-order valence-corrected chi connectivity index (χ3v) is 4.45. The van der Waals surface area contributed by atoms with Crippen molar-refractivity contribution in [1.29, 1.82) is 0 Å². The number of nitrogens with zero attached hydrogens (tertiary/aromatic N) is 2. The number of hydrogen-bond acceptors (Lipinski definition) is 3. The van der Waals surface area contributed by atoms with Crippen LogP contribution in [0.3, 0.4) is 0 Å². The van der Waals surface area contributed by atoms with E-state index in [9.17, 15) is 22.8 Å². The van der Waals surface area contributed by atoms with Crippen LogP contribution in [-0.4, -0.2) is 36.9 Å². The molecule has 1 aliphatic rings. The molecule has 148 valence electrons. The second kappa shape index (κ2) is 7.92. The number of alkyl halides is 3. The standard InChI is InChI=1S/C20H19F3N2O3/c1-24(12-14-6-8-15(9-7-14)20(21,22)23)19(27)13-25-16-4-2-3-5-17(16)28-11-10-18(25)26/h2-9H,10-13H2,1H3. The van der Waals surface area contributed by atoms with Crippen molar-refractivity contribution >= 4 is 17.5 Å². The molecule has 0 aliphatic carbocycles. The summed E-state index contributed by atoms with van der Waals surface area (Å²) in [5, 5.41) is 0. The van der Waals surface area contributed by atoms with Crippen molar-refractivity contribution in [2.75, 3.05) is 25.1 Å². The number of fused-ring (bicyclic) bond motifs is 1. The SMILES string of the molecule is CN(Cc1ccc(C(F)(F)F)cc1)C(=O)CN1C(=O)CCOc2ccccc21. The van der Waals surface area contributed by atoms with Crippen LogP contribution in [0.4, 0.5) is 18.9 Å². The van der Waals surface area contributed by atoms with E-state index < -0.39 is 11.7 Å². The summed E-state index contributed by atoms with van der Waals surface area (Å²) in [4.78, 5) is 27.8. The van der Waals surface area contributed by atoms with Crippen molar-refractivity contribution in [3.63, 3.8) is 0 Å². The molecule has 0 bridgehead atoms. The van der Waals surface area contributed by atoms with Gasteiger partial charge in [-0.05, 0) is 29.8 Å². The number of benzene rings is 2. The summed E-state index contributed by atoms with van der Waals surface area (Å²) in [6.07, 6.45) is -4.24. The van der Waals surface area contributed by atoms with Crippen LogP contribution in [0, 0.1) is 0 Å². The molecule has 28 heavy (non-hydrogen) atoms. The molecule has 0 spiro atoms. The number of para-hydroxylation sites is 2. The van der Waals surface area contributed by atoms with E-state index in [1.165, 1.54) is 21.9 Å². The summed E-state index contributed by atoms with van der Waals surface area (Å²) in [6.45, 7) is 0.204. The van der Waals surface area contributed by atoms with Gasteiger partial charge in [0.1, 0.15) is 12.3 Å². The summed E-state index contributed by atoms with van der Waals surface area (Å²) in [7, 11) is 1.55. The molecule has 5 nitrogen and oxygen atoms in total. The molecule has 0 aromatic heterocycles. The lowest BCUT2D eigenvalue weighted by atomic mass is 10.1. The lowest BCUT2D eigenvalue weighted by Crippen LogP contribution is -2.41. The molecule has 0 atom stereocenters. The summed E-state index contributed by atoms with van der Waals surface area (Å²) in [6, 6.07) is 11.6. The van der Waals surface area contributed by atoms with E-state index in [1.807, 2.05) is 0 Å². The molecular weight excluding hydrogens is 373 g/mol. The maximum atomic E-state index is 12.6. The summed E-state index contributed by atoms with van der Waals surface area (Å²) in [5.74, 6) is -0.0160. The molecular formula is C20H19F3N2O3. The fourth-order valence-electron chi connectivity index (χ4n) is 2.91. The number of rotatable bonds is 4. The van der Waals surface area contributed by atoms with Crippen molar-refractivity contribution < 1.29 is 27.5 Å². The predicted octanol–water partition coefficient (Wildman–Crippen LogP) is 3.48. The number of carbonyl (C=O) groups excluding carboxylic acids is 2. The van der Waals surface area contributed by atoms with E-state index in [-0.39, 0.29) is 37.9 Å². The molecule has 0 unspecified atom stereocenters. The fourth-order valence-corrected chi connectivity index (χ4v) is 2.91. The Kier molecular flexibility index (Phi) is 5.58. The Morgan fingerprint density at radius 1 is 1.14 bits per heavy atom. The molecule has 8 heteroatoms. The highest BCUT2D eigenvalue weighted by molar-refractivity contribution is 6.00. The molecule has 2 amide bonds. The molecule has 1 aliphatic heterocycles. The van der Waals surface area contributed by atoms with Gasteiger partial charge in [-0.15, -0.1) is 0 Å². The fraction of sp³-hybridized carbons (Fsp3) is 0.300. The predicted molar refractivity (Wildman–Crippen MR) is 96.8 cm³/mol. The average Bonchev–Trinajstić information content (AvgIpc) is 2.80. The molecule has 0 saturated carbocycles. The van der Waals surface area contributed by atoms with Gasteiger partial charge in [0.05, 0.1) is 24.3 Å². The van der Waals surface area contributed by atoms with Crippen LogP contribution >= 0.6 is 0 Å². The van der Waals surface area contributed by atoms with Crippen molar-refractivity contribution in [2.24, 2.45) is 0 Å². The quantitative estimate of drug-likeness (QED) is 0.801. The first kappa shape index (κ1) is 19.7. The second-order valence-corrected chi connectivity index (χ2v) is 6.49. The van der Waals surface area contributed by atoms with Gasteiger partial charge in [-0.3, -0.25) is 14.5 Å². The van der Waals surface area contributed by atoms with Gasteiger partial charge in [0.15, 0.2) is 0 Å². The zero-order valence-corrected chi connectivity index (χ0v) is 15.2. The van der Waals surface area contributed by atoms with Crippen LogP contribution in [0.5, 0.6) is 5.75 Å². The Morgan fingerprint density at radius 2 is 1.82 bits per heavy atom. The third kappa shape index (κ3) is 4.44. The van der Waals surface area contributed by atoms with Gasteiger partial charge in [-0.2, -0.15) is 13.2 Å². The Morgan fingerprint density at radius 3 is 2.50 bits per heavy atom. The first-order valence-corrected chi connectivity index (χ1v) is 8.68. The second-order valence-electron chi connectivity index (χ2n) is 6.49. The van der Waals surface area contributed by atoms with E-state index >= 15 is 0 Å². The van der Waals surface area contributed by atoms with Crippen molar-refractivity contribution in [3.05, 3.63) is 59.7 Å². The largest absolute Gasteiger partial charge is 0.491 e. The van der Waals surface area contributed by atoms with Crippen LogP contribution in [0.15, 0.2) is 48.5 Å². The molecule has 2 aromatic carbocycles. The molecule has 0 N–H and O–H groups in total. The van der Waals surface area contributed by atoms with Gasteiger partial charge in [0.2, 0.25) is 11.8 Å². The number of likely N-dealkylation sites (N-methyl/N-ethyl adjacent to an activating group) is 1. The van der Waals surface area contributed by atoms with E-state index in [4.69, 9.17) is 4.74 Å². The van der Waals surface area contributed by atoms with Crippen LogP contribution < -0.4 is 9.64 Å². The van der Waals surface area contributed by atoms with Crippen LogP contribution in [-0.2, 0) is 22.3 Å². The molecule has 3 rings (SSSR count). The molecule has 0 radical (unpaired) electrons. The van der Waals surface area contributed by atoms with Crippen LogP contribution in [0.25, 0.3) is 0 Å². The Bertz CT molecular complexity index is 866. The number of carbonyl (C=O) groups is 2. The molecule has 0 saturated heterocycles. The van der Waals surface area contributed by atoms with Gasteiger partial charge < -0.3 is 9.64 Å². The first-order valence-electron chi connectivity index (χ1n) is 8.68. The summed E-state index contributed by atoms with van der Waals surface area (Å²) in [5.41, 5.74) is 0.355. The highest BCUT2D eigenvalue weighted by atomic mass is 19.4. The number of hydrogen-bond donors (Lipinski definition) is 0. The van der Waals surface area contributed by atoms with Gasteiger partial charge >= 0.3 is 6.18 Å². The van der Waals surface area contributed by atoms with Crippen LogP contribution in [0.2, 0.25) is 0 Å². The monoisotopic (exact) mass is 392 g/mol. The molecule has 0 fully saturated rings. The lowest BCUT2D eigenvalue weighted by Gasteiger charge is -2.25.